The average molecular weight is 234 g/mol. The Morgan fingerprint density at radius 1 is 0.800 bits per heavy atom. The van der Waals surface area contributed by atoms with E-state index in [1.165, 1.54) is 0 Å². The second-order valence-corrected chi connectivity index (χ2v) is 6.41. The van der Waals surface area contributed by atoms with Gasteiger partial charge in [-0.05, 0) is 38.5 Å². The minimum atomic E-state index is -3.23. The summed E-state index contributed by atoms with van der Waals surface area (Å²) in [6, 6.07) is 0. The topological polar surface area (TPSA) is 52.6 Å². The Hall–Kier alpha value is -0.130. The van der Waals surface area contributed by atoms with E-state index in [-0.39, 0.29) is 0 Å². The summed E-state index contributed by atoms with van der Waals surface area (Å²) in [4.78, 5) is 0. The Morgan fingerprint density at radius 2 is 1.27 bits per heavy atom. The van der Waals surface area contributed by atoms with Gasteiger partial charge in [-0.2, -0.15) is 0 Å². The van der Waals surface area contributed by atoms with E-state index in [1.807, 2.05) is 0 Å². The van der Waals surface area contributed by atoms with Gasteiger partial charge < -0.3 is 9.47 Å². The van der Waals surface area contributed by atoms with Crippen LogP contribution in [0.25, 0.3) is 0 Å². The highest BCUT2D eigenvalue weighted by atomic mass is 32.2. The minimum Gasteiger partial charge on any atom is -0.362 e. The van der Waals surface area contributed by atoms with Crippen LogP contribution in [0.5, 0.6) is 0 Å². The molecule has 0 saturated carbocycles. The van der Waals surface area contributed by atoms with Crippen LogP contribution in [0.2, 0.25) is 0 Å². The molecule has 2 atom stereocenters. The van der Waals surface area contributed by atoms with Crippen molar-refractivity contribution in [3.63, 3.8) is 0 Å². The molecule has 0 amide bonds. The van der Waals surface area contributed by atoms with Crippen LogP contribution >= 0.6 is 0 Å². The van der Waals surface area contributed by atoms with Crippen molar-refractivity contribution in [2.24, 2.45) is 0 Å². The average Bonchev–Trinajstić information content (AvgIpc) is 2.31. The van der Waals surface area contributed by atoms with Crippen molar-refractivity contribution < 1.29 is 17.9 Å². The van der Waals surface area contributed by atoms with Crippen LogP contribution < -0.4 is 0 Å². The van der Waals surface area contributed by atoms with E-state index in [4.69, 9.17) is 9.47 Å². The van der Waals surface area contributed by atoms with E-state index in [1.54, 1.807) is 0 Å². The molecule has 2 aliphatic heterocycles. The van der Waals surface area contributed by atoms with Crippen molar-refractivity contribution in [2.75, 3.05) is 13.2 Å². The molecule has 4 nitrogen and oxygen atoms in total. The van der Waals surface area contributed by atoms with Gasteiger partial charge in [0, 0.05) is 13.2 Å². The van der Waals surface area contributed by atoms with Crippen LogP contribution in [-0.2, 0) is 19.3 Å². The zero-order chi connectivity index (χ0) is 10.7. The smallest absolute Gasteiger partial charge is 0.203 e. The highest BCUT2D eigenvalue weighted by Gasteiger charge is 2.37. The Balaban J connectivity index is 2.03. The molecule has 0 spiro atoms. The van der Waals surface area contributed by atoms with Crippen molar-refractivity contribution in [3.8, 4) is 0 Å². The van der Waals surface area contributed by atoms with Gasteiger partial charge in [-0.25, -0.2) is 8.42 Å². The molecule has 0 aliphatic carbocycles. The van der Waals surface area contributed by atoms with Crippen LogP contribution in [0, 0.1) is 0 Å². The van der Waals surface area contributed by atoms with E-state index >= 15 is 0 Å². The molecular weight excluding hydrogens is 216 g/mol. The van der Waals surface area contributed by atoms with Crippen molar-refractivity contribution in [1.82, 2.24) is 0 Å². The van der Waals surface area contributed by atoms with E-state index in [0.29, 0.717) is 26.1 Å². The molecular formula is C10H18O4S. The molecule has 88 valence electrons. The van der Waals surface area contributed by atoms with Crippen LogP contribution in [0.1, 0.15) is 38.5 Å². The molecule has 5 heteroatoms. The predicted octanol–water partition coefficient (Wildman–Crippen LogP) is 1.45. The quantitative estimate of drug-likeness (QED) is 0.725. The highest BCUT2D eigenvalue weighted by Crippen LogP contribution is 2.26. The van der Waals surface area contributed by atoms with Gasteiger partial charge in [-0.15, -0.1) is 0 Å². The van der Waals surface area contributed by atoms with Gasteiger partial charge in [0.2, 0.25) is 9.84 Å². The lowest BCUT2D eigenvalue weighted by atomic mass is 10.2. The molecule has 2 unspecified atom stereocenters. The first-order valence-corrected chi connectivity index (χ1v) is 7.28. The van der Waals surface area contributed by atoms with Crippen molar-refractivity contribution in [2.45, 2.75) is 49.4 Å². The molecule has 0 aromatic rings. The third-order valence-electron chi connectivity index (χ3n) is 3.01. The van der Waals surface area contributed by atoms with Gasteiger partial charge in [0.05, 0.1) is 0 Å². The summed E-state index contributed by atoms with van der Waals surface area (Å²) in [5, 5.41) is 0. The first-order valence-electron chi connectivity index (χ1n) is 5.67. The second kappa shape index (κ2) is 4.80. The van der Waals surface area contributed by atoms with Gasteiger partial charge >= 0.3 is 0 Å². The van der Waals surface area contributed by atoms with Crippen LogP contribution in [0.4, 0.5) is 0 Å². The molecule has 2 saturated heterocycles. The lowest BCUT2D eigenvalue weighted by molar-refractivity contribution is 0.0408. The number of hydrogen-bond acceptors (Lipinski definition) is 4. The monoisotopic (exact) mass is 234 g/mol. The molecule has 2 aliphatic rings. The maximum atomic E-state index is 12.1. The van der Waals surface area contributed by atoms with Gasteiger partial charge in [0.15, 0.2) is 10.9 Å². The summed E-state index contributed by atoms with van der Waals surface area (Å²) in [5.74, 6) is 0. The van der Waals surface area contributed by atoms with E-state index in [9.17, 15) is 8.42 Å². The number of ether oxygens (including phenoxy) is 2. The lowest BCUT2D eigenvalue weighted by Crippen LogP contribution is -2.39. The number of sulfone groups is 1. The summed E-state index contributed by atoms with van der Waals surface area (Å²) >= 11 is 0. The van der Waals surface area contributed by atoms with E-state index in [2.05, 4.69) is 0 Å². The van der Waals surface area contributed by atoms with E-state index in [0.717, 1.165) is 25.7 Å². The first-order chi connectivity index (χ1) is 7.21. The summed E-state index contributed by atoms with van der Waals surface area (Å²) < 4.78 is 34.8. The van der Waals surface area contributed by atoms with Gasteiger partial charge in [0.1, 0.15) is 0 Å². The normalized spacial score (nSPS) is 33.9. The van der Waals surface area contributed by atoms with E-state index < -0.39 is 20.7 Å². The maximum absolute atomic E-state index is 12.1. The Kier molecular flexibility index (Phi) is 3.64. The molecule has 0 N–H and O–H groups in total. The lowest BCUT2D eigenvalue weighted by Gasteiger charge is -2.29. The molecule has 2 rings (SSSR count). The highest BCUT2D eigenvalue weighted by molar-refractivity contribution is 7.92. The Bertz CT molecular complexity index is 263. The van der Waals surface area contributed by atoms with Crippen LogP contribution in [-0.4, -0.2) is 32.5 Å². The van der Waals surface area contributed by atoms with Gasteiger partial charge in [-0.3, -0.25) is 0 Å². The standard InChI is InChI=1S/C10H18O4S/c11-15(12,9-5-1-3-7-13-9)10-6-2-4-8-14-10/h9-10H,1-8H2. The molecule has 0 aromatic carbocycles. The summed E-state index contributed by atoms with van der Waals surface area (Å²) in [6.07, 6.45) is 5.08. The number of rotatable bonds is 2. The van der Waals surface area contributed by atoms with Crippen LogP contribution in [0.15, 0.2) is 0 Å². The third kappa shape index (κ3) is 2.52. The molecule has 15 heavy (non-hydrogen) atoms. The minimum absolute atomic E-state index is 0.566. The fourth-order valence-corrected chi connectivity index (χ4v) is 4.01. The molecule has 0 aromatic heterocycles. The van der Waals surface area contributed by atoms with Crippen molar-refractivity contribution in [3.05, 3.63) is 0 Å². The first kappa shape index (κ1) is 11.4. The SMILES string of the molecule is O=S(=O)(C1CCCCO1)C1CCCCO1. The molecule has 0 radical (unpaired) electrons. The molecule has 2 heterocycles. The zero-order valence-corrected chi connectivity index (χ0v) is 9.67. The zero-order valence-electron chi connectivity index (χ0n) is 8.85. The Morgan fingerprint density at radius 3 is 1.60 bits per heavy atom. The fourth-order valence-electron chi connectivity index (χ4n) is 2.11. The second-order valence-electron chi connectivity index (χ2n) is 4.18. The number of hydrogen-bond donors (Lipinski definition) is 0. The molecule has 0 bridgehead atoms. The summed E-state index contributed by atoms with van der Waals surface area (Å²) in [5.41, 5.74) is -1.23. The maximum Gasteiger partial charge on any atom is 0.203 e. The molecule has 2 fully saturated rings. The largest absolute Gasteiger partial charge is 0.362 e. The fraction of sp³-hybridized carbons (Fsp3) is 1.00. The Labute approximate surface area is 90.9 Å². The third-order valence-corrected chi connectivity index (χ3v) is 5.22. The van der Waals surface area contributed by atoms with Crippen molar-refractivity contribution >= 4 is 9.84 Å². The van der Waals surface area contributed by atoms with Crippen LogP contribution in [0.3, 0.4) is 0 Å². The van der Waals surface area contributed by atoms with Gasteiger partial charge in [0.25, 0.3) is 0 Å². The summed E-state index contributed by atoms with van der Waals surface area (Å²) in [6.45, 7) is 1.13. The predicted molar refractivity (Wildman–Crippen MR) is 56.1 cm³/mol. The van der Waals surface area contributed by atoms with Crippen molar-refractivity contribution in [1.29, 1.82) is 0 Å². The van der Waals surface area contributed by atoms with Gasteiger partial charge in [-0.1, -0.05) is 0 Å². The summed E-state index contributed by atoms with van der Waals surface area (Å²) in [7, 11) is -3.23.